The molecule has 0 fully saturated rings. The summed E-state index contributed by atoms with van der Waals surface area (Å²) in [6.45, 7) is 0. The van der Waals surface area contributed by atoms with Crippen LogP contribution in [0.3, 0.4) is 0 Å². The molecule has 1 heterocycles. The summed E-state index contributed by atoms with van der Waals surface area (Å²) in [7, 11) is -2.27. The quantitative estimate of drug-likeness (QED) is 0.179. The summed E-state index contributed by atoms with van der Waals surface area (Å²) >= 11 is 6.03. The number of primary sulfonamides is 1. The molecule has 0 amide bonds. The van der Waals surface area contributed by atoms with Crippen LogP contribution < -0.4 is 25.9 Å². The van der Waals surface area contributed by atoms with E-state index in [4.69, 9.17) is 21.5 Å². The SMILES string of the molecule is COc1ccc(Nc2nc(N/N=C/c3c(F)cccc3Cl)nc(Nc3ccc(S(N)(=O)=O)cc3)n2)cc1. The van der Waals surface area contributed by atoms with E-state index in [1.165, 1.54) is 48.7 Å². The minimum Gasteiger partial charge on any atom is -0.497 e. The fraction of sp³-hybridized carbons (Fsp3) is 0.0435. The average Bonchev–Trinajstić information content (AvgIpc) is 2.86. The van der Waals surface area contributed by atoms with Gasteiger partial charge in [0.15, 0.2) is 0 Å². The number of ether oxygens (including phenoxy) is 1. The van der Waals surface area contributed by atoms with Gasteiger partial charge in [-0.3, -0.25) is 0 Å². The number of anilines is 5. The number of methoxy groups -OCH3 is 1. The van der Waals surface area contributed by atoms with E-state index < -0.39 is 15.8 Å². The van der Waals surface area contributed by atoms with Crippen molar-refractivity contribution in [1.82, 2.24) is 15.0 Å². The van der Waals surface area contributed by atoms with Crippen LogP contribution in [-0.2, 0) is 10.0 Å². The highest BCUT2D eigenvalue weighted by Crippen LogP contribution is 2.22. The summed E-state index contributed by atoms with van der Waals surface area (Å²) in [6, 6.07) is 17.0. The van der Waals surface area contributed by atoms with E-state index >= 15 is 0 Å². The lowest BCUT2D eigenvalue weighted by molar-refractivity contribution is 0.415. The molecule has 4 aromatic rings. The number of rotatable bonds is 9. The molecule has 37 heavy (non-hydrogen) atoms. The summed E-state index contributed by atoms with van der Waals surface area (Å²) in [4.78, 5) is 12.8. The van der Waals surface area contributed by atoms with Crippen molar-refractivity contribution in [3.05, 3.63) is 83.1 Å². The average molecular weight is 543 g/mol. The van der Waals surface area contributed by atoms with E-state index in [1.807, 2.05) is 0 Å². The molecule has 0 spiro atoms. The first-order valence-corrected chi connectivity index (χ1v) is 12.4. The predicted molar refractivity (Wildman–Crippen MR) is 140 cm³/mol. The molecule has 0 aliphatic heterocycles. The van der Waals surface area contributed by atoms with Gasteiger partial charge in [-0.2, -0.15) is 20.1 Å². The zero-order valence-electron chi connectivity index (χ0n) is 19.2. The number of halogens is 2. The minimum absolute atomic E-state index is 0.0263. The molecule has 5 N–H and O–H groups in total. The summed E-state index contributed by atoms with van der Waals surface area (Å²) < 4.78 is 42.2. The third-order valence-electron chi connectivity index (χ3n) is 4.78. The third kappa shape index (κ3) is 6.88. The second-order valence-corrected chi connectivity index (χ2v) is 9.33. The highest BCUT2D eigenvalue weighted by Gasteiger charge is 2.10. The maximum Gasteiger partial charge on any atom is 0.250 e. The van der Waals surface area contributed by atoms with Gasteiger partial charge in [0.2, 0.25) is 27.9 Å². The van der Waals surface area contributed by atoms with E-state index in [9.17, 15) is 12.8 Å². The largest absolute Gasteiger partial charge is 0.497 e. The van der Waals surface area contributed by atoms with Gasteiger partial charge in [0, 0.05) is 16.9 Å². The summed E-state index contributed by atoms with van der Waals surface area (Å²) in [5.41, 5.74) is 3.88. The molecule has 11 nitrogen and oxygen atoms in total. The number of nitrogens with zero attached hydrogens (tertiary/aromatic N) is 4. The second kappa shape index (κ2) is 11.2. The van der Waals surface area contributed by atoms with Crippen LogP contribution in [0, 0.1) is 5.82 Å². The molecule has 0 radical (unpaired) electrons. The molecule has 190 valence electrons. The van der Waals surface area contributed by atoms with E-state index in [0.29, 0.717) is 17.1 Å². The fourth-order valence-electron chi connectivity index (χ4n) is 2.99. The topological polar surface area (TPSA) is 157 Å². The van der Waals surface area contributed by atoms with Crippen molar-refractivity contribution in [1.29, 1.82) is 0 Å². The second-order valence-electron chi connectivity index (χ2n) is 7.36. The van der Waals surface area contributed by atoms with Gasteiger partial charge >= 0.3 is 0 Å². The van der Waals surface area contributed by atoms with E-state index in [1.54, 1.807) is 31.4 Å². The molecule has 0 atom stereocenters. The van der Waals surface area contributed by atoms with Crippen LogP contribution in [0.15, 0.2) is 76.7 Å². The van der Waals surface area contributed by atoms with Crippen molar-refractivity contribution in [2.75, 3.05) is 23.2 Å². The number of benzene rings is 3. The molecule has 0 unspecified atom stereocenters. The molecular weight excluding hydrogens is 523 g/mol. The lowest BCUT2D eigenvalue weighted by Gasteiger charge is -2.11. The van der Waals surface area contributed by atoms with Gasteiger partial charge in [0.1, 0.15) is 11.6 Å². The number of sulfonamides is 1. The summed E-state index contributed by atoms with van der Waals surface area (Å²) in [5.74, 6) is 0.427. The van der Waals surface area contributed by atoms with Gasteiger partial charge in [-0.15, -0.1) is 0 Å². The Hall–Kier alpha value is -4.33. The van der Waals surface area contributed by atoms with E-state index in [2.05, 4.69) is 36.1 Å². The summed E-state index contributed by atoms with van der Waals surface area (Å²) in [6.07, 6.45) is 1.21. The van der Waals surface area contributed by atoms with Gasteiger partial charge < -0.3 is 15.4 Å². The highest BCUT2D eigenvalue weighted by molar-refractivity contribution is 7.89. The number of nitrogens with two attached hydrogens (primary N) is 1. The smallest absolute Gasteiger partial charge is 0.250 e. The van der Waals surface area contributed by atoms with Crippen molar-refractivity contribution < 1.29 is 17.5 Å². The van der Waals surface area contributed by atoms with Gasteiger partial charge in [0.25, 0.3) is 0 Å². The highest BCUT2D eigenvalue weighted by atomic mass is 35.5. The number of hydrogen-bond acceptors (Lipinski definition) is 10. The van der Waals surface area contributed by atoms with Crippen molar-refractivity contribution in [3.8, 4) is 5.75 Å². The molecule has 0 aliphatic carbocycles. The Morgan fingerprint density at radius 1 is 0.919 bits per heavy atom. The van der Waals surface area contributed by atoms with E-state index in [-0.39, 0.29) is 33.3 Å². The lowest BCUT2D eigenvalue weighted by atomic mass is 10.2. The molecule has 0 bridgehead atoms. The van der Waals surface area contributed by atoms with Gasteiger partial charge in [-0.25, -0.2) is 23.4 Å². The Labute approximate surface area is 216 Å². The van der Waals surface area contributed by atoms with Crippen LogP contribution in [0.2, 0.25) is 5.02 Å². The summed E-state index contributed by atoms with van der Waals surface area (Å²) in [5, 5.41) is 15.3. The fourth-order valence-corrected chi connectivity index (χ4v) is 3.71. The molecule has 0 saturated carbocycles. The monoisotopic (exact) mass is 542 g/mol. The van der Waals surface area contributed by atoms with Crippen LogP contribution in [0.5, 0.6) is 5.75 Å². The molecule has 3 aromatic carbocycles. The first kappa shape index (κ1) is 25.8. The zero-order valence-corrected chi connectivity index (χ0v) is 20.8. The third-order valence-corrected chi connectivity index (χ3v) is 6.04. The van der Waals surface area contributed by atoms with Crippen LogP contribution in [0.4, 0.5) is 33.6 Å². The van der Waals surface area contributed by atoms with Gasteiger partial charge in [-0.05, 0) is 60.7 Å². The van der Waals surface area contributed by atoms with Gasteiger partial charge in [-0.1, -0.05) is 17.7 Å². The number of hydrogen-bond donors (Lipinski definition) is 4. The van der Waals surface area contributed by atoms with Crippen LogP contribution in [0.25, 0.3) is 0 Å². The number of nitrogens with one attached hydrogen (secondary N) is 3. The van der Waals surface area contributed by atoms with Crippen molar-refractivity contribution in [2.24, 2.45) is 10.2 Å². The lowest BCUT2D eigenvalue weighted by Crippen LogP contribution is -2.12. The standard InChI is InChI=1S/C23H20ClFN8O3S/c1-36-16-9-5-14(6-10-16)28-21-30-22(29-15-7-11-17(12-8-15)37(26,34)35)32-23(31-21)33-27-13-18-19(24)3-2-4-20(18)25/h2-13H,1H3,(H2,26,34,35)(H3,28,29,30,31,32,33)/b27-13+. The Balaban J connectivity index is 1.61. The maximum absolute atomic E-state index is 14.0. The Bertz CT molecular complexity index is 1510. The first-order valence-electron chi connectivity index (χ1n) is 10.5. The molecule has 0 aliphatic rings. The molecular formula is C23H20ClFN8O3S. The van der Waals surface area contributed by atoms with Gasteiger partial charge in [0.05, 0.1) is 23.2 Å². The first-order chi connectivity index (χ1) is 17.7. The van der Waals surface area contributed by atoms with Crippen molar-refractivity contribution in [2.45, 2.75) is 4.90 Å². The number of hydrazone groups is 1. The normalized spacial score (nSPS) is 11.4. The van der Waals surface area contributed by atoms with E-state index in [0.717, 1.165) is 0 Å². The predicted octanol–water partition coefficient (Wildman–Crippen LogP) is 4.25. The minimum atomic E-state index is -3.83. The number of aromatic nitrogens is 3. The van der Waals surface area contributed by atoms with Crippen LogP contribution in [-0.4, -0.2) is 36.7 Å². The Kier molecular flexibility index (Phi) is 7.77. The van der Waals surface area contributed by atoms with Crippen LogP contribution in [0.1, 0.15) is 5.56 Å². The molecule has 14 heteroatoms. The Morgan fingerprint density at radius 3 is 2.03 bits per heavy atom. The van der Waals surface area contributed by atoms with Crippen molar-refractivity contribution >= 4 is 57.1 Å². The molecule has 4 rings (SSSR count). The molecule has 1 aromatic heterocycles. The Morgan fingerprint density at radius 2 is 1.49 bits per heavy atom. The molecule has 0 saturated heterocycles. The maximum atomic E-state index is 14.0. The zero-order chi connectivity index (χ0) is 26.4. The van der Waals surface area contributed by atoms with Crippen LogP contribution >= 0.6 is 11.6 Å². The van der Waals surface area contributed by atoms with Crippen molar-refractivity contribution in [3.63, 3.8) is 0 Å².